The van der Waals surface area contributed by atoms with E-state index in [0.717, 1.165) is 11.1 Å². The van der Waals surface area contributed by atoms with Crippen molar-refractivity contribution in [3.63, 3.8) is 0 Å². The summed E-state index contributed by atoms with van der Waals surface area (Å²) in [7, 11) is 0. The molecule has 0 bridgehead atoms. The molecule has 0 aromatic heterocycles. The van der Waals surface area contributed by atoms with Gasteiger partial charge in [0, 0.05) is 27.8 Å². The predicted molar refractivity (Wildman–Crippen MR) is 112 cm³/mol. The zero-order chi connectivity index (χ0) is 21.5. The number of carbonyl (C=O) groups is 1. The van der Waals surface area contributed by atoms with Crippen LogP contribution in [-0.4, -0.2) is 24.1 Å². The maximum Gasteiger partial charge on any atom is 0.244 e. The molecule has 1 spiro atoms. The second-order valence-electron chi connectivity index (χ2n) is 7.74. The molecule has 0 radical (unpaired) electrons. The third-order valence-corrected chi connectivity index (χ3v) is 6.88. The fraction of sp³-hybridized carbons (Fsp3) is 0.182. The second-order valence-corrected chi connectivity index (χ2v) is 8.59. The first-order chi connectivity index (χ1) is 14.9. The molecular weight excluding hydrogens is 467 g/mol. The topological polar surface area (TPSA) is 101 Å². The third-order valence-electron chi connectivity index (χ3n) is 6.25. The van der Waals surface area contributed by atoms with E-state index in [4.69, 9.17) is 15.2 Å². The smallest absolute Gasteiger partial charge is 0.244 e. The van der Waals surface area contributed by atoms with Crippen molar-refractivity contribution in [2.24, 2.45) is 5.73 Å². The molecule has 9 heteroatoms. The number of nitrogens with zero attached hydrogens (tertiary/aromatic N) is 2. The lowest BCUT2D eigenvalue weighted by Crippen LogP contribution is -2.45. The Morgan fingerprint density at radius 1 is 1.26 bits per heavy atom. The largest absolute Gasteiger partial charge is 0.454 e. The monoisotopic (exact) mass is 480 g/mol. The first-order valence-electron chi connectivity index (χ1n) is 9.58. The SMILES string of the molecule is N#CC1=C(N)N2CCc3cc4c(cc3C2=C[C@@]12C(=O)Nc1c(Br)cc(F)cc12)OCO4. The van der Waals surface area contributed by atoms with Crippen molar-refractivity contribution in [1.82, 2.24) is 4.90 Å². The first kappa shape index (κ1) is 18.3. The van der Waals surface area contributed by atoms with Crippen LogP contribution in [0.2, 0.25) is 0 Å². The number of nitriles is 1. The van der Waals surface area contributed by atoms with Crippen LogP contribution in [0.15, 0.2) is 46.2 Å². The summed E-state index contributed by atoms with van der Waals surface area (Å²) in [5.74, 6) is 0.495. The summed E-state index contributed by atoms with van der Waals surface area (Å²) < 4.78 is 25.8. The van der Waals surface area contributed by atoms with E-state index in [2.05, 4.69) is 27.3 Å². The van der Waals surface area contributed by atoms with Crippen molar-refractivity contribution >= 4 is 33.2 Å². The molecular formula is C22H14BrFN4O3. The fourth-order valence-electron chi connectivity index (χ4n) is 4.83. The standard InChI is InChI=1S/C22H14BrFN4O3/c23-15-5-11(24)4-13-19(15)27-21(29)22(13)7-16-12-6-18-17(30-9-31-18)3-10(12)1-2-28(16)20(26)14(22)8-25/h3-7H,1-2,9,26H2,(H,27,29)/t22-/m0/s1. The molecule has 0 fully saturated rings. The number of anilines is 1. The van der Waals surface area contributed by atoms with Gasteiger partial charge in [-0.2, -0.15) is 5.26 Å². The van der Waals surface area contributed by atoms with Gasteiger partial charge >= 0.3 is 0 Å². The van der Waals surface area contributed by atoms with Crippen molar-refractivity contribution in [1.29, 1.82) is 5.26 Å². The highest BCUT2D eigenvalue weighted by Crippen LogP contribution is 2.53. The molecule has 0 aliphatic carbocycles. The molecule has 4 aliphatic heterocycles. The molecule has 1 amide bonds. The molecule has 4 aliphatic rings. The highest BCUT2D eigenvalue weighted by atomic mass is 79.9. The highest BCUT2D eigenvalue weighted by molar-refractivity contribution is 9.10. The quantitative estimate of drug-likeness (QED) is 0.600. The van der Waals surface area contributed by atoms with Crippen molar-refractivity contribution in [2.75, 3.05) is 18.7 Å². The molecule has 4 heterocycles. The van der Waals surface area contributed by atoms with Gasteiger partial charge in [-0.25, -0.2) is 4.39 Å². The number of fused-ring (bicyclic) bond motifs is 6. The van der Waals surface area contributed by atoms with E-state index < -0.39 is 17.1 Å². The minimum Gasteiger partial charge on any atom is -0.454 e. The lowest BCUT2D eigenvalue weighted by Gasteiger charge is -2.41. The number of ether oxygens (including phenoxy) is 2. The van der Waals surface area contributed by atoms with E-state index in [0.29, 0.717) is 45.9 Å². The van der Waals surface area contributed by atoms with Gasteiger partial charge < -0.3 is 25.4 Å². The number of rotatable bonds is 0. The van der Waals surface area contributed by atoms with Gasteiger partial charge in [-0.1, -0.05) is 0 Å². The van der Waals surface area contributed by atoms with Crippen molar-refractivity contribution < 1.29 is 18.7 Å². The molecule has 0 unspecified atom stereocenters. The van der Waals surface area contributed by atoms with Gasteiger partial charge in [0.05, 0.1) is 11.3 Å². The molecule has 3 N–H and O–H groups in total. The number of carbonyl (C=O) groups excluding carboxylic acids is 1. The van der Waals surface area contributed by atoms with E-state index in [9.17, 15) is 14.4 Å². The minimum atomic E-state index is -1.53. The number of benzene rings is 2. The van der Waals surface area contributed by atoms with Crippen LogP contribution in [0.4, 0.5) is 10.1 Å². The third kappa shape index (κ3) is 2.23. The normalized spacial score (nSPS) is 22.5. The Kier molecular flexibility index (Phi) is 3.55. The number of amides is 1. The molecule has 6 rings (SSSR count). The summed E-state index contributed by atoms with van der Waals surface area (Å²) in [4.78, 5) is 15.2. The predicted octanol–water partition coefficient (Wildman–Crippen LogP) is 3.11. The van der Waals surface area contributed by atoms with E-state index in [1.807, 2.05) is 17.0 Å². The van der Waals surface area contributed by atoms with Crippen LogP contribution in [0.1, 0.15) is 16.7 Å². The van der Waals surface area contributed by atoms with E-state index >= 15 is 0 Å². The molecule has 0 saturated carbocycles. The van der Waals surface area contributed by atoms with Crippen molar-refractivity contribution in [3.8, 4) is 17.6 Å². The van der Waals surface area contributed by atoms with E-state index in [-0.39, 0.29) is 18.2 Å². The molecule has 154 valence electrons. The average molecular weight is 481 g/mol. The Morgan fingerprint density at radius 2 is 2.03 bits per heavy atom. The fourth-order valence-corrected chi connectivity index (χ4v) is 5.36. The molecule has 1 atom stereocenters. The Balaban J connectivity index is 1.66. The lowest BCUT2D eigenvalue weighted by atomic mass is 9.71. The molecule has 0 saturated heterocycles. The molecule has 31 heavy (non-hydrogen) atoms. The van der Waals surface area contributed by atoms with Gasteiger partial charge in [-0.05, 0) is 58.3 Å². The Labute approximate surface area is 184 Å². The van der Waals surface area contributed by atoms with Crippen molar-refractivity contribution in [2.45, 2.75) is 11.8 Å². The summed E-state index contributed by atoms with van der Waals surface area (Å²) >= 11 is 3.31. The summed E-state index contributed by atoms with van der Waals surface area (Å²) in [6, 6.07) is 8.47. The molecule has 7 nitrogen and oxygen atoms in total. The Morgan fingerprint density at radius 3 is 2.81 bits per heavy atom. The molecule has 2 aromatic rings. The average Bonchev–Trinajstić information content (AvgIpc) is 3.30. The van der Waals surface area contributed by atoms with Crippen LogP contribution in [0.3, 0.4) is 0 Å². The van der Waals surface area contributed by atoms with Crippen LogP contribution in [-0.2, 0) is 16.6 Å². The first-order valence-corrected chi connectivity index (χ1v) is 10.4. The van der Waals surface area contributed by atoms with Gasteiger partial charge in [0.2, 0.25) is 12.7 Å². The summed E-state index contributed by atoms with van der Waals surface area (Å²) in [5.41, 5.74) is 8.33. The van der Waals surface area contributed by atoms with Gasteiger partial charge in [0.1, 0.15) is 23.1 Å². The zero-order valence-electron chi connectivity index (χ0n) is 16.0. The lowest BCUT2D eigenvalue weighted by molar-refractivity contribution is -0.118. The maximum atomic E-state index is 14.4. The highest BCUT2D eigenvalue weighted by Gasteiger charge is 2.54. The Bertz CT molecular complexity index is 1330. The number of hydrogen-bond donors (Lipinski definition) is 2. The minimum absolute atomic E-state index is 0.0780. The number of nitrogens with one attached hydrogen (secondary N) is 1. The Hall–Kier alpha value is -3.51. The van der Waals surface area contributed by atoms with Gasteiger partial charge in [-0.3, -0.25) is 4.79 Å². The second kappa shape index (κ2) is 6.02. The number of halogens is 2. The van der Waals surface area contributed by atoms with Crippen LogP contribution < -0.4 is 20.5 Å². The number of nitrogens with two attached hydrogens (primary N) is 1. The van der Waals surface area contributed by atoms with E-state index in [1.54, 1.807) is 6.08 Å². The molecule has 2 aromatic carbocycles. The van der Waals surface area contributed by atoms with E-state index in [1.165, 1.54) is 12.1 Å². The van der Waals surface area contributed by atoms with Crippen LogP contribution >= 0.6 is 15.9 Å². The van der Waals surface area contributed by atoms with Crippen molar-refractivity contribution in [3.05, 3.63) is 68.7 Å². The summed E-state index contributed by atoms with van der Waals surface area (Å²) in [6.07, 6.45) is 2.40. The van der Waals surface area contributed by atoms with Crippen LogP contribution in [0.25, 0.3) is 5.70 Å². The summed E-state index contributed by atoms with van der Waals surface area (Å²) in [5, 5.41) is 12.8. The van der Waals surface area contributed by atoms with Gasteiger partial charge in [-0.15, -0.1) is 0 Å². The van der Waals surface area contributed by atoms with Gasteiger partial charge in [0.15, 0.2) is 11.5 Å². The van der Waals surface area contributed by atoms with Crippen LogP contribution in [0.5, 0.6) is 11.5 Å². The zero-order valence-corrected chi connectivity index (χ0v) is 17.5. The number of hydrogen-bond acceptors (Lipinski definition) is 6. The maximum absolute atomic E-state index is 14.4. The summed E-state index contributed by atoms with van der Waals surface area (Å²) in [6.45, 7) is 0.682. The van der Waals surface area contributed by atoms with Crippen LogP contribution in [0, 0.1) is 17.1 Å². The van der Waals surface area contributed by atoms with Gasteiger partial charge in [0.25, 0.3) is 0 Å².